The van der Waals surface area contributed by atoms with Crippen LogP contribution < -0.4 is 9.46 Å². The number of hydrogen-bond acceptors (Lipinski definition) is 6. The van der Waals surface area contributed by atoms with E-state index in [0.717, 1.165) is 28.7 Å². The van der Waals surface area contributed by atoms with Crippen LogP contribution in [0.25, 0.3) is 11.8 Å². The average molecular weight is 497 g/mol. The summed E-state index contributed by atoms with van der Waals surface area (Å²) in [6.07, 6.45) is 2.55. The number of ether oxygens (including phenoxy) is 2. The quantitative estimate of drug-likeness (QED) is 0.275. The summed E-state index contributed by atoms with van der Waals surface area (Å²) >= 11 is 0. The van der Waals surface area contributed by atoms with E-state index in [4.69, 9.17) is 9.47 Å². The fourth-order valence-corrected chi connectivity index (χ4v) is 4.61. The topological polar surface area (TPSA) is 104 Å². The van der Waals surface area contributed by atoms with E-state index < -0.39 is 22.6 Å². The van der Waals surface area contributed by atoms with Crippen molar-refractivity contribution in [3.05, 3.63) is 82.7 Å². The van der Waals surface area contributed by atoms with Crippen LogP contribution in [0.3, 0.4) is 0 Å². The van der Waals surface area contributed by atoms with Crippen molar-refractivity contribution in [1.82, 2.24) is 9.29 Å². The number of carbonyl (C=O) groups is 2. The van der Waals surface area contributed by atoms with Crippen molar-refractivity contribution < 1.29 is 27.5 Å². The molecule has 2 aromatic carbocycles. The highest BCUT2D eigenvalue weighted by atomic mass is 32.2. The van der Waals surface area contributed by atoms with Crippen LogP contribution >= 0.6 is 0 Å². The number of rotatable bonds is 9. The molecule has 1 N–H and O–H groups in total. The molecular weight excluding hydrogens is 468 g/mol. The number of benzene rings is 2. The molecule has 0 radical (unpaired) electrons. The molecule has 0 spiro atoms. The molecule has 184 valence electrons. The van der Waals surface area contributed by atoms with Crippen molar-refractivity contribution >= 4 is 27.9 Å². The highest BCUT2D eigenvalue weighted by Gasteiger charge is 2.19. The number of aryl methyl sites for hydroxylation is 2. The van der Waals surface area contributed by atoms with Crippen LogP contribution in [0.1, 0.15) is 32.9 Å². The van der Waals surface area contributed by atoms with Crippen LogP contribution in [0.15, 0.2) is 59.5 Å². The highest BCUT2D eigenvalue weighted by Crippen LogP contribution is 2.25. The molecule has 1 aromatic heterocycles. The van der Waals surface area contributed by atoms with Crippen molar-refractivity contribution in [1.29, 1.82) is 0 Å². The van der Waals surface area contributed by atoms with Crippen LogP contribution in [0.4, 0.5) is 0 Å². The van der Waals surface area contributed by atoms with Gasteiger partial charge in [-0.1, -0.05) is 23.8 Å². The van der Waals surface area contributed by atoms with Crippen molar-refractivity contribution in [3.63, 3.8) is 0 Å². The van der Waals surface area contributed by atoms with Gasteiger partial charge in [0.2, 0.25) is 15.8 Å². The fraction of sp³-hybridized carbons (Fsp3) is 0.231. The molecule has 3 aromatic rings. The molecule has 0 saturated heterocycles. The number of nitrogens with one attached hydrogen (secondary N) is 1. The van der Waals surface area contributed by atoms with Crippen molar-refractivity contribution in [2.24, 2.45) is 0 Å². The second-order valence-electron chi connectivity index (χ2n) is 7.94. The van der Waals surface area contributed by atoms with Gasteiger partial charge in [-0.05, 0) is 69.8 Å². The summed E-state index contributed by atoms with van der Waals surface area (Å²) in [7, 11) is -1.09. The predicted octanol–water partition coefficient (Wildman–Crippen LogP) is 3.76. The lowest BCUT2D eigenvalue weighted by atomic mass is 10.1. The van der Waals surface area contributed by atoms with Crippen molar-refractivity contribution in [3.8, 4) is 11.4 Å². The summed E-state index contributed by atoms with van der Waals surface area (Å²) in [6.45, 7) is 5.36. The fourth-order valence-electron chi connectivity index (χ4n) is 3.68. The zero-order chi connectivity index (χ0) is 25.8. The van der Waals surface area contributed by atoms with Gasteiger partial charge in [-0.25, -0.2) is 17.9 Å². The van der Waals surface area contributed by atoms with Gasteiger partial charge in [0.15, 0.2) is 6.61 Å². The molecule has 0 unspecified atom stereocenters. The molecule has 0 amide bonds. The van der Waals surface area contributed by atoms with Crippen LogP contribution in [-0.4, -0.2) is 45.5 Å². The number of esters is 1. The van der Waals surface area contributed by atoms with Gasteiger partial charge in [0, 0.05) is 28.7 Å². The molecule has 0 aliphatic heterocycles. The molecule has 3 rings (SSSR count). The number of sulfonamides is 1. The first-order valence-corrected chi connectivity index (χ1v) is 12.3. The molecule has 8 nitrogen and oxygen atoms in total. The smallest absolute Gasteiger partial charge is 0.331 e. The van der Waals surface area contributed by atoms with Gasteiger partial charge < -0.3 is 14.0 Å². The summed E-state index contributed by atoms with van der Waals surface area (Å²) in [4.78, 5) is 24.9. The predicted molar refractivity (Wildman–Crippen MR) is 134 cm³/mol. The maximum Gasteiger partial charge on any atom is 0.331 e. The maximum absolute atomic E-state index is 12.8. The third kappa shape index (κ3) is 5.87. The molecular formula is C26H28N2O6S. The number of aromatic nitrogens is 1. The first-order chi connectivity index (χ1) is 16.6. The zero-order valence-corrected chi connectivity index (χ0v) is 21.1. The SMILES string of the molecule is CNS(=O)(=O)c1cc(/C=C/C(=O)OCC(=O)c2cc(C)n(-c3ccc(C)cc3)c2C)ccc1OC. The van der Waals surface area contributed by atoms with Gasteiger partial charge in [-0.15, -0.1) is 0 Å². The molecule has 0 aliphatic carbocycles. The normalized spacial score (nSPS) is 11.6. The van der Waals surface area contributed by atoms with E-state index in [1.807, 2.05) is 49.6 Å². The molecule has 1 heterocycles. The first-order valence-electron chi connectivity index (χ1n) is 10.8. The van der Waals surface area contributed by atoms with E-state index in [0.29, 0.717) is 11.1 Å². The molecule has 35 heavy (non-hydrogen) atoms. The van der Waals surface area contributed by atoms with E-state index in [-0.39, 0.29) is 16.4 Å². The summed E-state index contributed by atoms with van der Waals surface area (Å²) in [6, 6.07) is 14.2. The molecule has 0 fully saturated rings. The van der Waals surface area contributed by atoms with E-state index in [2.05, 4.69) is 4.72 Å². The summed E-state index contributed by atoms with van der Waals surface area (Å²) in [5.74, 6) is -0.863. The minimum atomic E-state index is -3.75. The monoisotopic (exact) mass is 496 g/mol. The van der Waals surface area contributed by atoms with Gasteiger partial charge in [0.05, 0.1) is 7.11 Å². The lowest BCUT2D eigenvalue weighted by molar-refractivity contribution is -0.136. The van der Waals surface area contributed by atoms with Crippen molar-refractivity contribution in [2.75, 3.05) is 20.8 Å². The largest absolute Gasteiger partial charge is 0.495 e. The molecule has 0 saturated carbocycles. The second-order valence-corrected chi connectivity index (χ2v) is 9.79. The Morgan fingerprint density at radius 3 is 2.34 bits per heavy atom. The second kappa shape index (κ2) is 10.7. The minimum Gasteiger partial charge on any atom is -0.495 e. The Balaban J connectivity index is 1.70. The van der Waals surface area contributed by atoms with Crippen LogP contribution in [-0.2, 0) is 19.6 Å². The van der Waals surface area contributed by atoms with Gasteiger partial charge in [0.25, 0.3) is 0 Å². The van der Waals surface area contributed by atoms with Gasteiger partial charge >= 0.3 is 5.97 Å². The van der Waals surface area contributed by atoms with E-state index in [1.165, 1.54) is 32.4 Å². The standard InChI is InChI=1S/C26H28N2O6S/c1-17-6-10-21(11-7-17)28-18(2)14-22(19(28)3)23(29)16-34-26(30)13-9-20-8-12-24(33-5)25(15-20)35(31,32)27-4/h6-15,27H,16H2,1-5H3/b13-9+. The Labute approximate surface area is 205 Å². The average Bonchev–Trinajstić information content (AvgIpc) is 3.15. The van der Waals surface area contributed by atoms with Crippen molar-refractivity contribution in [2.45, 2.75) is 25.7 Å². The number of carbonyl (C=O) groups excluding carboxylic acids is 2. The Morgan fingerprint density at radius 1 is 1.03 bits per heavy atom. The van der Waals surface area contributed by atoms with Crippen LogP contribution in [0.5, 0.6) is 5.75 Å². The first kappa shape index (κ1) is 25.9. The lowest BCUT2D eigenvalue weighted by Gasteiger charge is -2.10. The molecule has 9 heteroatoms. The Bertz CT molecular complexity index is 1390. The van der Waals surface area contributed by atoms with E-state index >= 15 is 0 Å². The van der Waals surface area contributed by atoms with E-state index in [1.54, 1.807) is 12.1 Å². The van der Waals surface area contributed by atoms with Crippen LogP contribution in [0, 0.1) is 20.8 Å². The number of nitrogens with zero attached hydrogens (tertiary/aromatic N) is 1. The third-order valence-electron chi connectivity index (χ3n) is 5.53. The minimum absolute atomic E-state index is 0.0582. The summed E-state index contributed by atoms with van der Waals surface area (Å²) in [5.41, 5.74) is 4.68. The Morgan fingerprint density at radius 2 is 1.71 bits per heavy atom. The van der Waals surface area contributed by atoms with E-state index in [9.17, 15) is 18.0 Å². The number of Topliss-reactive ketones (excluding diaryl/α,β-unsaturated/α-hetero) is 1. The van der Waals surface area contributed by atoms with Crippen LogP contribution in [0.2, 0.25) is 0 Å². The highest BCUT2D eigenvalue weighted by molar-refractivity contribution is 7.89. The number of hydrogen-bond donors (Lipinski definition) is 1. The Hall–Kier alpha value is -3.69. The maximum atomic E-state index is 12.8. The lowest BCUT2D eigenvalue weighted by Crippen LogP contribution is -2.19. The Kier molecular flexibility index (Phi) is 7.93. The van der Waals surface area contributed by atoms with Gasteiger partial charge in [-0.3, -0.25) is 4.79 Å². The number of methoxy groups -OCH3 is 1. The molecule has 0 aliphatic rings. The summed E-state index contributed by atoms with van der Waals surface area (Å²) in [5, 5.41) is 0. The van der Waals surface area contributed by atoms with Gasteiger partial charge in [0.1, 0.15) is 10.6 Å². The number of ketones is 1. The molecule has 0 atom stereocenters. The van der Waals surface area contributed by atoms with Gasteiger partial charge in [-0.2, -0.15) is 0 Å². The molecule has 0 bridgehead atoms. The zero-order valence-electron chi connectivity index (χ0n) is 20.3. The summed E-state index contributed by atoms with van der Waals surface area (Å²) < 4.78 is 38.8. The third-order valence-corrected chi connectivity index (χ3v) is 6.96.